The number of rotatable bonds is 4. The van der Waals surface area contributed by atoms with E-state index in [2.05, 4.69) is 9.05 Å². The third-order valence-electron chi connectivity index (χ3n) is 4.36. The second-order valence-electron chi connectivity index (χ2n) is 6.33. The molecule has 4 aromatic rings. The van der Waals surface area contributed by atoms with E-state index in [-0.39, 0.29) is 40.7 Å². The van der Waals surface area contributed by atoms with Crippen LogP contribution in [0.4, 0.5) is 0 Å². The molecule has 0 saturated heterocycles. The SMILES string of the molecule is O=C(OP(=O)([O-])OC(=O)c1ccc2ccccc2c1)c1ccc2ccccc2c1.[Na+]. The minimum atomic E-state index is -5.21. The van der Waals surface area contributed by atoms with Crippen LogP contribution in [0.25, 0.3) is 21.5 Å². The molecule has 30 heavy (non-hydrogen) atoms. The second kappa shape index (κ2) is 9.13. The van der Waals surface area contributed by atoms with Crippen molar-refractivity contribution in [2.45, 2.75) is 0 Å². The Balaban J connectivity index is 0.00000256. The van der Waals surface area contributed by atoms with Crippen LogP contribution in [0.5, 0.6) is 0 Å². The third-order valence-corrected chi connectivity index (χ3v) is 5.14. The summed E-state index contributed by atoms with van der Waals surface area (Å²) < 4.78 is 21.0. The van der Waals surface area contributed by atoms with E-state index in [1.165, 1.54) is 24.3 Å². The average Bonchev–Trinajstić information content (AvgIpc) is 2.72. The van der Waals surface area contributed by atoms with Crippen molar-refractivity contribution in [2.24, 2.45) is 0 Å². The van der Waals surface area contributed by atoms with Crippen LogP contribution in [0.15, 0.2) is 84.9 Å². The Morgan fingerprint density at radius 2 is 1.00 bits per heavy atom. The van der Waals surface area contributed by atoms with Crippen molar-refractivity contribution in [2.75, 3.05) is 0 Å². The molecule has 144 valence electrons. The molecule has 0 aliphatic carbocycles. The summed E-state index contributed by atoms with van der Waals surface area (Å²) in [5.74, 6) is -2.25. The maximum absolute atomic E-state index is 12.2. The molecule has 0 heterocycles. The van der Waals surface area contributed by atoms with Gasteiger partial charge in [0.25, 0.3) is 0 Å². The summed E-state index contributed by atoms with van der Waals surface area (Å²) in [5.41, 5.74) is 0.0584. The van der Waals surface area contributed by atoms with Crippen LogP contribution in [0.3, 0.4) is 0 Å². The summed E-state index contributed by atoms with van der Waals surface area (Å²) in [6, 6.07) is 23.8. The Kier molecular flexibility index (Phi) is 6.76. The van der Waals surface area contributed by atoms with E-state index in [1.807, 2.05) is 24.3 Å². The number of fused-ring (bicyclic) bond motifs is 2. The molecular formula is C22H14NaO6P. The van der Waals surface area contributed by atoms with E-state index in [0.717, 1.165) is 21.5 Å². The maximum Gasteiger partial charge on any atom is 1.00 e. The van der Waals surface area contributed by atoms with Crippen molar-refractivity contribution in [1.29, 1.82) is 0 Å². The van der Waals surface area contributed by atoms with Gasteiger partial charge in [0.15, 0.2) is 0 Å². The first-order valence-electron chi connectivity index (χ1n) is 8.68. The van der Waals surface area contributed by atoms with Crippen LogP contribution in [0.2, 0.25) is 0 Å². The van der Waals surface area contributed by atoms with E-state index in [0.29, 0.717) is 0 Å². The van der Waals surface area contributed by atoms with E-state index in [9.17, 15) is 19.0 Å². The molecule has 0 aromatic heterocycles. The van der Waals surface area contributed by atoms with Crippen LogP contribution in [-0.2, 0) is 13.6 Å². The molecule has 0 unspecified atom stereocenters. The number of phosphoric ester groups is 1. The number of carbonyl (C=O) groups is 2. The summed E-state index contributed by atoms with van der Waals surface area (Å²) in [6.07, 6.45) is 0. The molecule has 0 amide bonds. The summed E-state index contributed by atoms with van der Waals surface area (Å²) >= 11 is 0. The fourth-order valence-corrected chi connectivity index (χ4v) is 3.61. The van der Waals surface area contributed by atoms with Crippen LogP contribution < -0.4 is 34.5 Å². The fourth-order valence-electron chi connectivity index (χ4n) is 2.96. The molecular weight excluding hydrogens is 414 g/mol. The Bertz CT molecular complexity index is 1210. The summed E-state index contributed by atoms with van der Waals surface area (Å²) in [4.78, 5) is 36.5. The van der Waals surface area contributed by atoms with Gasteiger partial charge in [0, 0.05) is 0 Å². The van der Waals surface area contributed by atoms with Gasteiger partial charge in [0.1, 0.15) is 0 Å². The summed E-state index contributed by atoms with van der Waals surface area (Å²) in [6.45, 7) is 0. The van der Waals surface area contributed by atoms with Gasteiger partial charge in [-0.05, 0) is 45.8 Å². The molecule has 8 heteroatoms. The Labute approximate surface area is 194 Å². The molecule has 0 fully saturated rings. The first kappa shape index (κ1) is 22.2. The first-order chi connectivity index (χ1) is 13.9. The monoisotopic (exact) mass is 428 g/mol. The van der Waals surface area contributed by atoms with Crippen molar-refractivity contribution < 1.29 is 57.7 Å². The molecule has 6 nitrogen and oxygen atoms in total. The third kappa shape index (κ3) is 4.98. The smallest absolute Gasteiger partial charge is 0.736 e. The van der Waals surface area contributed by atoms with Crippen molar-refractivity contribution in [1.82, 2.24) is 0 Å². The molecule has 0 atom stereocenters. The molecule has 0 spiro atoms. The predicted octanol–water partition coefficient (Wildman–Crippen LogP) is 1.48. The van der Waals surface area contributed by atoms with Gasteiger partial charge >= 0.3 is 49.3 Å². The van der Waals surface area contributed by atoms with Crippen LogP contribution >= 0.6 is 7.82 Å². The molecule has 0 N–H and O–H groups in total. The Hall–Kier alpha value is -2.47. The van der Waals surface area contributed by atoms with Gasteiger partial charge in [0.2, 0.25) is 0 Å². The van der Waals surface area contributed by atoms with Gasteiger partial charge in [-0.2, -0.15) is 0 Å². The molecule has 4 rings (SSSR count). The average molecular weight is 428 g/mol. The largest absolute Gasteiger partial charge is 1.00 e. The van der Waals surface area contributed by atoms with E-state index in [1.54, 1.807) is 36.4 Å². The van der Waals surface area contributed by atoms with Crippen LogP contribution in [0.1, 0.15) is 20.7 Å². The minimum Gasteiger partial charge on any atom is -0.736 e. The van der Waals surface area contributed by atoms with Crippen molar-refractivity contribution in [3.8, 4) is 0 Å². The van der Waals surface area contributed by atoms with Crippen molar-refractivity contribution in [3.63, 3.8) is 0 Å². The number of phosphoric acid groups is 1. The van der Waals surface area contributed by atoms with E-state index < -0.39 is 19.8 Å². The first-order valence-corrected chi connectivity index (χ1v) is 10.1. The zero-order chi connectivity index (χ0) is 20.4. The quantitative estimate of drug-likeness (QED) is 0.361. The number of benzene rings is 4. The van der Waals surface area contributed by atoms with Crippen molar-refractivity contribution in [3.05, 3.63) is 96.1 Å². The van der Waals surface area contributed by atoms with Gasteiger partial charge in [-0.25, -0.2) is 14.2 Å². The second-order valence-corrected chi connectivity index (χ2v) is 7.59. The standard InChI is InChI=1S/C22H15O6P.Na/c23-21(19-11-9-15-5-1-3-7-17(15)13-19)27-29(25,26)28-22(24)20-12-10-16-6-2-4-8-18(16)14-20;/h1-14H,(H,25,26);/q;+1/p-1. The molecule has 0 bridgehead atoms. The van der Waals surface area contributed by atoms with E-state index >= 15 is 0 Å². The molecule has 0 aliphatic heterocycles. The fraction of sp³-hybridized carbons (Fsp3) is 0. The predicted molar refractivity (Wildman–Crippen MR) is 106 cm³/mol. The van der Waals surface area contributed by atoms with Crippen molar-refractivity contribution >= 4 is 41.3 Å². The van der Waals surface area contributed by atoms with Gasteiger partial charge in [0.05, 0.1) is 11.1 Å². The molecule has 4 aromatic carbocycles. The number of hydrogen-bond donors (Lipinski definition) is 0. The normalized spacial score (nSPS) is 11.0. The number of hydrogen-bond acceptors (Lipinski definition) is 6. The maximum atomic E-state index is 12.2. The molecule has 0 saturated carbocycles. The van der Waals surface area contributed by atoms with Gasteiger partial charge in [-0.3, -0.25) is 0 Å². The molecule has 0 aliphatic rings. The minimum absolute atomic E-state index is 0. The summed E-state index contributed by atoms with van der Waals surface area (Å²) in [5, 5.41) is 3.26. The Morgan fingerprint density at radius 3 is 1.40 bits per heavy atom. The summed E-state index contributed by atoms with van der Waals surface area (Å²) in [7, 11) is -5.21. The van der Waals surface area contributed by atoms with Crippen LogP contribution in [-0.4, -0.2) is 11.9 Å². The Morgan fingerprint density at radius 1 is 0.633 bits per heavy atom. The van der Waals surface area contributed by atoms with E-state index in [4.69, 9.17) is 0 Å². The number of carbonyl (C=O) groups excluding carboxylic acids is 2. The van der Waals surface area contributed by atoms with Gasteiger partial charge in [-0.1, -0.05) is 60.7 Å². The zero-order valence-electron chi connectivity index (χ0n) is 16.0. The molecule has 0 radical (unpaired) electrons. The van der Waals surface area contributed by atoms with Gasteiger partial charge in [-0.15, -0.1) is 0 Å². The topological polar surface area (TPSA) is 92.7 Å². The zero-order valence-corrected chi connectivity index (χ0v) is 18.9. The van der Waals surface area contributed by atoms with Gasteiger partial charge < -0.3 is 13.9 Å². The van der Waals surface area contributed by atoms with Crippen LogP contribution in [0, 0.1) is 0 Å².